The molecule has 0 spiro atoms. The molecule has 4 rings (SSSR count). The number of benzene rings is 2. The number of fused-ring (bicyclic) bond motifs is 3. The number of carboxylic acids is 1. The van der Waals surface area contributed by atoms with Gasteiger partial charge < -0.3 is 24.8 Å². The van der Waals surface area contributed by atoms with Crippen molar-refractivity contribution < 1.29 is 43.6 Å². The van der Waals surface area contributed by atoms with E-state index in [0.717, 1.165) is 22.3 Å². The highest BCUT2D eigenvalue weighted by Gasteiger charge is 2.29. The molecule has 9 nitrogen and oxygen atoms in total. The maximum absolute atomic E-state index is 14.1. The number of aromatic nitrogens is 1. The van der Waals surface area contributed by atoms with Crippen LogP contribution in [0.3, 0.4) is 0 Å². The van der Waals surface area contributed by atoms with Crippen LogP contribution in [0, 0.1) is 5.82 Å². The number of carboxylic acid groups (broad SMARTS) is 1. The fourth-order valence-electron chi connectivity index (χ4n) is 5.61. The van der Waals surface area contributed by atoms with E-state index >= 15 is 0 Å². The molecule has 2 aromatic carbocycles. The lowest BCUT2D eigenvalue weighted by Crippen LogP contribution is -2.19. The quantitative estimate of drug-likeness (QED) is 0.261. The van der Waals surface area contributed by atoms with Crippen molar-refractivity contribution in [1.82, 2.24) is 4.98 Å². The van der Waals surface area contributed by atoms with Crippen LogP contribution in [0.5, 0.6) is 0 Å². The van der Waals surface area contributed by atoms with Gasteiger partial charge >= 0.3 is 17.9 Å². The van der Waals surface area contributed by atoms with Crippen LogP contribution in [0.25, 0.3) is 28.5 Å². The summed E-state index contributed by atoms with van der Waals surface area (Å²) in [4.78, 5) is 41.5. The van der Waals surface area contributed by atoms with Gasteiger partial charge in [0.1, 0.15) is 5.82 Å². The van der Waals surface area contributed by atoms with Gasteiger partial charge in [0.2, 0.25) is 0 Å². The molecule has 0 fully saturated rings. The molecular weight excluding hydrogens is 569 g/mol. The molecule has 0 aliphatic heterocycles. The van der Waals surface area contributed by atoms with Crippen molar-refractivity contribution >= 4 is 24.0 Å². The van der Waals surface area contributed by atoms with Crippen LogP contribution < -0.4 is 0 Å². The van der Waals surface area contributed by atoms with Crippen molar-refractivity contribution in [2.45, 2.75) is 64.1 Å². The van der Waals surface area contributed by atoms with E-state index < -0.39 is 42.4 Å². The molecule has 2 atom stereocenters. The average Bonchev–Trinajstić information content (AvgIpc) is 3.16. The number of aliphatic hydroxyl groups excluding tert-OH is 2. The minimum absolute atomic E-state index is 0.0502. The normalized spacial score (nSPS) is 14.0. The van der Waals surface area contributed by atoms with Crippen molar-refractivity contribution in [3.05, 3.63) is 81.8 Å². The van der Waals surface area contributed by atoms with E-state index in [1.54, 1.807) is 30.3 Å². The van der Waals surface area contributed by atoms with Crippen molar-refractivity contribution in [1.29, 1.82) is 0 Å². The topological polar surface area (TPSA) is 143 Å². The Bertz CT molecular complexity index is 1600. The Labute approximate surface area is 255 Å². The monoisotopic (exact) mass is 605 g/mol. The minimum atomic E-state index is -1.23. The van der Waals surface area contributed by atoms with Crippen LogP contribution in [-0.4, -0.2) is 64.6 Å². The highest BCUT2D eigenvalue weighted by atomic mass is 19.1. The molecule has 3 N–H and O–H groups in total. The number of pyridine rings is 1. The van der Waals surface area contributed by atoms with Crippen LogP contribution in [0.2, 0.25) is 0 Å². The molecule has 44 heavy (non-hydrogen) atoms. The number of carbonyl (C=O) groups excluding carboxylic acids is 2. The number of hydrogen-bond acceptors (Lipinski definition) is 8. The van der Waals surface area contributed by atoms with Gasteiger partial charge in [-0.15, -0.1) is 0 Å². The van der Waals surface area contributed by atoms with Crippen LogP contribution >= 0.6 is 0 Å². The lowest BCUT2D eigenvalue weighted by atomic mass is 9.86. The molecule has 10 heteroatoms. The second-order valence-electron chi connectivity index (χ2n) is 11.1. The van der Waals surface area contributed by atoms with Gasteiger partial charge in [-0.3, -0.25) is 9.78 Å². The Hall–Kier alpha value is -4.41. The molecule has 0 unspecified atom stereocenters. The third-order valence-corrected chi connectivity index (χ3v) is 7.64. The smallest absolute Gasteiger partial charge is 0.338 e. The number of aliphatic hydroxyl groups is 2. The third kappa shape index (κ3) is 7.03. The largest absolute Gasteiger partial charge is 0.481 e. The number of methoxy groups -OCH3 is 2. The van der Waals surface area contributed by atoms with Gasteiger partial charge in [0.15, 0.2) is 0 Å². The van der Waals surface area contributed by atoms with Gasteiger partial charge in [-0.25, -0.2) is 14.0 Å². The van der Waals surface area contributed by atoms with E-state index in [9.17, 15) is 29.0 Å². The van der Waals surface area contributed by atoms with E-state index in [4.69, 9.17) is 19.6 Å². The highest BCUT2D eigenvalue weighted by Crippen LogP contribution is 2.43. The molecule has 1 aromatic heterocycles. The van der Waals surface area contributed by atoms with Crippen molar-refractivity contribution in [2.75, 3.05) is 14.2 Å². The number of nitrogens with zero attached hydrogens (tertiary/aromatic N) is 1. The van der Waals surface area contributed by atoms with Crippen LogP contribution in [0.4, 0.5) is 4.39 Å². The van der Waals surface area contributed by atoms with Crippen LogP contribution in [0.1, 0.15) is 82.1 Å². The van der Waals surface area contributed by atoms with Crippen LogP contribution in [0.15, 0.2) is 42.5 Å². The van der Waals surface area contributed by atoms with Gasteiger partial charge in [-0.1, -0.05) is 38.1 Å². The summed E-state index contributed by atoms with van der Waals surface area (Å²) in [6.45, 7) is 3.93. The van der Waals surface area contributed by atoms with E-state index in [1.165, 1.54) is 32.4 Å². The maximum Gasteiger partial charge on any atom is 0.338 e. The Morgan fingerprint density at radius 2 is 1.64 bits per heavy atom. The lowest BCUT2D eigenvalue weighted by Gasteiger charge is -2.22. The summed E-state index contributed by atoms with van der Waals surface area (Å²) in [6.07, 6.45) is 2.03. The third-order valence-electron chi connectivity index (χ3n) is 7.64. The van der Waals surface area contributed by atoms with Crippen molar-refractivity contribution in [3.8, 4) is 22.4 Å². The molecular formula is C34H36FNO8. The number of aliphatic carboxylic acids is 1. The summed E-state index contributed by atoms with van der Waals surface area (Å²) in [5.74, 6) is -3.04. The fraction of sp³-hybridized carbons (Fsp3) is 0.353. The molecule has 0 amide bonds. The maximum atomic E-state index is 14.1. The first kappa shape index (κ1) is 32.5. The number of ether oxygens (including phenoxy) is 2. The van der Waals surface area contributed by atoms with E-state index in [2.05, 4.69) is 0 Å². The zero-order valence-corrected chi connectivity index (χ0v) is 25.1. The molecule has 232 valence electrons. The zero-order chi connectivity index (χ0) is 32.1. The predicted molar refractivity (Wildman–Crippen MR) is 162 cm³/mol. The second kappa shape index (κ2) is 13.9. The van der Waals surface area contributed by atoms with Gasteiger partial charge in [0.05, 0.1) is 55.4 Å². The SMILES string of the molecule is COC(=O)c1cc2c(cc1C(=O)OC)-c1nc(C(C)C)c(C=C[C@@H](O)C[C@@H](O)CC(=O)O)c(-c3ccc(F)cc3)c1CCC2. The van der Waals surface area contributed by atoms with Gasteiger partial charge in [0.25, 0.3) is 0 Å². The number of carbonyl (C=O) groups is 3. The molecule has 1 heterocycles. The molecule has 0 saturated carbocycles. The average molecular weight is 606 g/mol. The highest BCUT2D eigenvalue weighted by molar-refractivity contribution is 6.04. The standard InChI is InChI=1S/C34H36FNO8/c1-18(2)31-25(13-12-22(37)15-23(38)16-29(39)40)30(19-8-10-21(35)11-9-19)24-7-5-6-20-14-27(33(41)43-3)28(34(42)44-4)17-26(20)32(24)36-31/h8-14,17-18,22-23,37-38H,5-7,15-16H2,1-4H3,(H,39,40)/t22-,23-/m1/s1. The minimum Gasteiger partial charge on any atom is -0.481 e. The van der Waals surface area contributed by atoms with Crippen molar-refractivity contribution in [2.24, 2.45) is 0 Å². The number of esters is 2. The lowest BCUT2D eigenvalue weighted by molar-refractivity contribution is -0.139. The molecule has 0 bridgehead atoms. The summed E-state index contributed by atoms with van der Waals surface area (Å²) in [5, 5.41) is 29.6. The summed E-state index contributed by atoms with van der Waals surface area (Å²) in [6, 6.07) is 9.35. The fourth-order valence-corrected chi connectivity index (χ4v) is 5.61. The number of aryl methyl sites for hydroxylation is 1. The first-order chi connectivity index (χ1) is 20.9. The predicted octanol–water partition coefficient (Wildman–Crippen LogP) is 5.34. The molecule has 0 radical (unpaired) electrons. The van der Waals surface area contributed by atoms with Gasteiger partial charge in [-0.2, -0.15) is 0 Å². The Morgan fingerprint density at radius 3 is 2.23 bits per heavy atom. The van der Waals surface area contributed by atoms with Gasteiger partial charge in [-0.05, 0) is 71.7 Å². The van der Waals surface area contributed by atoms with E-state index in [0.29, 0.717) is 41.8 Å². The number of rotatable bonds is 10. The first-order valence-electron chi connectivity index (χ1n) is 14.4. The number of halogens is 1. The van der Waals surface area contributed by atoms with E-state index in [-0.39, 0.29) is 23.5 Å². The first-order valence-corrected chi connectivity index (χ1v) is 14.4. The molecule has 3 aromatic rings. The summed E-state index contributed by atoms with van der Waals surface area (Å²) < 4.78 is 24.0. The Kier molecular flexibility index (Phi) is 10.3. The summed E-state index contributed by atoms with van der Waals surface area (Å²) in [5.41, 5.74) is 5.96. The number of hydrogen-bond donors (Lipinski definition) is 3. The Morgan fingerprint density at radius 1 is 1.00 bits per heavy atom. The molecule has 1 aliphatic carbocycles. The summed E-state index contributed by atoms with van der Waals surface area (Å²) >= 11 is 0. The second-order valence-corrected chi connectivity index (χ2v) is 11.1. The van der Waals surface area contributed by atoms with E-state index in [1.807, 2.05) is 13.8 Å². The molecule has 0 saturated heterocycles. The van der Waals surface area contributed by atoms with Gasteiger partial charge in [0, 0.05) is 17.5 Å². The molecule has 1 aliphatic rings. The zero-order valence-electron chi connectivity index (χ0n) is 25.1. The Balaban J connectivity index is 2.00. The van der Waals surface area contributed by atoms with Crippen molar-refractivity contribution in [3.63, 3.8) is 0 Å². The summed E-state index contributed by atoms with van der Waals surface area (Å²) in [7, 11) is 2.48. The van der Waals surface area contributed by atoms with Crippen LogP contribution in [-0.2, 0) is 27.1 Å².